The Morgan fingerprint density at radius 3 is 2.44 bits per heavy atom. The Balaban J connectivity index is 1.58. The lowest BCUT2D eigenvalue weighted by atomic mass is 10.1. The van der Waals surface area contributed by atoms with E-state index in [9.17, 15) is 4.79 Å². The Morgan fingerprint density at radius 2 is 1.72 bits per heavy atom. The van der Waals surface area contributed by atoms with Crippen molar-refractivity contribution in [2.24, 2.45) is 0 Å². The fourth-order valence-electron chi connectivity index (χ4n) is 3.06. The fraction of sp³-hybridized carbons (Fsp3) is 0.150. The molecule has 0 bridgehead atoms. The summed E-state index contributed by atoms with van der Waals surface area (Å²) in [5.41, 5.74) is 2.75. The van der Waals surface area contributed by atoms with Gasteiger partial charge in [0.2, 0.25) is 0 Å². The van der Waals surface area contributed by atoms with E-state index in [1.54, 1.807) is 11.8 Å². The molecule has 0 saturated carbocycles. The van der Waals surface area contributed by atoms with Crippen molar-refractivity contribution in [3.63, 3.8) is 0 Å². The van der Waals surface area contributed by atoms with Crippen LogP contribution >= 0.6 is 23.4 Å². The number of benzene rings is 2. The van der Waals surface area contributed by atoms with Gasteiger partial charge in [0, 0.05) is 46.5 Å². The second kappa shape index (κ2) is 6.98. The van der Waals surface area contributed by atoms with Gasteiger partial charge in [-0.15, -0.1) is 11.8 Å². The van der Waals surface area contributed by atoms with Crippen LogP contribution in [0.1, 0.15) is 21.3 Å². The van der Waals surface area contributed by atoms with E-state index in [1.807, 2.05) is 82.5 Å². The zero-order chi connectivity index (χ0) is 17.2. The molecule has 3 aromatic rings. The maximum atomic E-state index is 13.0. The van der Waals surface area contributed by atoms with Crippen LogP contribution in [0.2, 0.25) is 5.02 Å². The Kier molecular flexibility index (Phi) is 4.55. The van der Waals surface area contributed by atoms with E-state index in [0.717, 1.165) is 23.5 Å². The van der Waals surface area contributed by atoms with Crippen LogP contribution in [-0.4, -0.2) is 27.7 Å². The lowest BCUT2D eigenvalue weighted by molar-refractivity contribution is 0.0760. The highest BCUT2D eigenvalue weighted by Gasteiger charge is 2.32. The number of aromatic nitrogens is 1. The highest BCUT2D eigenvalue weighted by Crippen LogP contribution is 2.41. The van der Waals surface area contributed by atoms with Crippen molar-refractivity contribution in [3.05, 3.63) is 89.2 Å². The van der Waals surface area contributed by atoms with Crippen LogP contribution in [0.25, 0.3) is 5.69 Å². The molecule has 0 radical (unpaired) electrons. The summed E-state index contributed by atoms with van der Waals surface area (Å²) in [5.74, 6) is 0.970. The van der Waals surface area contributed by atoms with E-state index >= 15 is 0 Å². The SMILES string of the molecule is O=C(c1ccc(-n2cccc2)cc1)N1CCSC1c1ccccc1Cl. The quantitative estimate of drug-likeness (QED) is 0.648. The average Bonchev–Trinajstić information content (AvgIpc) is 3.34. The molecule has 1 unspecified atom stereocenters. The van der Waals surface area contributed by atoms with Gasteiger partial charge in [-0.3, -0.25) is 4.79 Å². The van der Waals surface area contributed by atoms with Crippen LogP contribution in [-0.2, 0) is 0 Å². The standard InChI is InChI=1S/C20H17ClN2OS/c21-18-6-2-1-5-17(18)20-23(13-14-25-20)19(24)15-7-9-16(10-8-15)22-11-3-4-12-22/h1-12,20H,13-14H2. The predicted molar refractivity (Wildman–Crippen MR) is 103 cm³/mol. The molecule has 0 aliphatic carbocycles. The number of hydrogen-bond acceptors (Lipinski definition) is 2. The van der Waals surface area contributed by atoms with Crippen LogP contribution in [0.5, 0.6) is 0 Å². The molecular weight excluding hydrogens is 352 g/mol. The third-order valence-corrected chi connectivity index (χ3v) is 5.93. The largest absolute Gasteiger partial charge is 0.324 e. The van der Waals surface area contributed by atoms with Crippen LogP contribution in [0.4, 0.5) is 0 Å². The zero-order valence-electron chi connectivity index (χ0n) is 13.5. The summed E-state index contributed by atoms with van der Waals surface area (Å²) >= 11 is 8.10. The van der Waals surface area contributed by atoms with Crippen molar-refractivity contribution in [1.29, 1.82) is 0 Å². The maximum Gasteiger partial charge on any atom is 0.255 e. The summed E-state index contributed by atoms with van der Waals surface area (Å²) in [5, 5.41) is 0.688. The third-order valence-electron chi connectivity index (χ3n) is 4.34. The molecular formula is C20H17ClN2OS. The highest BCUT2D eigenvalue weighted by molar-refractivity contribution is 7.99. The summed E-state index contributed by atoms with van der Waals surface area (Å²) in [4.78, 5) is 14.9. The first-order chi connectivity index (χ1) is 12.2. The van der Waals surface area contributed by atoms with E-state index in [-0.39, 0.29) is 11.3 Å². The van der Waals surface area contributed by atoms with E-state index in [4.69, 9.17) is 11.6 Å². The third kappa shape index (κ3) is 3.20. The molecule has 2 heterocycles. The Morgan fingerprint density at radius 1 is 1.00 bits per heavy atom. The fourth-order valence-corrected chi connectivity index (χ4v) is 4.65. The van der Waals surface area contributed by atoms with Crippen molar-refractivity contribution in [2.75, 3.05) is 12.3 Å². The summed E-state index contributed by atoms with van der Waals surface area (Å²) < 4.78 is 2.02. The van der Waals surface area contributed by atoms with Gasteiger partial charge in [-0.2, -0.15) is 0 Å². The number of amides is 1. The number of halogens is 1. The molecule has 4 rings (SSSR count). The number of rotatable bonds is 3. The molecule has 1 aromatic heterocycles. The van der Waals surface area contributed by atoms with Gasteiger partial charge in [0.1, 0.15) is 5.37 Å². The van der Waals surface area contributed by atoms with Gasteiger partial charge in [-0.25, -0.2) is 0 Å². The molecule has 1 aliphatic heterocycles. The van der Waals surface area contributed by atoms with Crippen LogP contribution < -0.4 is 0 Å². The zero-order valence-corrected chi connectivity index (χ0v) is 15.1. The molecule has 126 valence electrons. The summed E-state index contributed by atoms with van der Waals surface area (Å²) in [6, 6.07) is 19.5. The lowest BCUT2D eigenvalue weighted by Gasteiger charge is -2.25. The molecule has 1 fully saturated rings. The van der Waals surface area contributed by atoms with Crippen molar-refractivity contribution >= 4 is 29.3 Å². The number of carbonyl (C=O) groups is 1. The first kappa shape index (κ1) is 16.3. The van der Waals surface area contributed by atoms with Crippen molar-refractivity contribution in [2.45, 2.75) is 5.37 Å². The maximum absolute atomic E-state index is 13.0. The minimum atomic E-state index is -0.0228. The van der Waals surface area contributed by atoms with Gasteiger partial charge in [0.25, 0.3) is 5.91 Å². The van der Waals surface area contributed by atoms with Crippen molar-refractivity contribution in [3.8, 4) is 5.69 Å². The van der Waals surface area contributed by atoms with E-state index < -0.39 is 0 Å². The van der Waals surface area contributed by atoms with Gasteiger partial charge in [-0.1, -0.05) is 29.8 Å². The predicted octanol–water partition coefficient (Wildman–Crippen LogP) is 5.02. The number of hydrogen-bond donors (Lipinski definition) is 0. The molecule has 1 atom stereocenters. The second-order valence-electron chi connectivity index (χ2n) is 5.88. The summed E-state index contributed by atoms with van der Waals surface area (Å²) in [7, 11) is 0. The number of nitrogens with zero attached hydrogens (tertiary/aromatic N) is 2. The van der Waals surface area contributed by atoms with Crippen LogP contribution in [0.3, 0.4) is 0 Å². The summed E-state index contributed by atoms with van der Waals surface area (Å²) in [6.07, 6.45) is 3.97. The van der Waals surface area contributed by atoms with Crippen molar-refractivity contribution in [1.82, 2.24) is 9.47 Å². The Bertz CT molecular complexity index is 877. The first-order valence-corrected chi connectivity index (χ1v) is 9.57. The van der Waals surface area contributed by atoms with E-state index in [2.05, 4.69) is 0 Å². The Labute approximate surface area is 156 Å². The van der Waals surface area contributed by atoms with Gasteiger partial charge >= 0.3 is 0 Å². The smallest absolute Gasteiger partial charge is 0.255 e. The summed E-state index contributed by atoms with van der Waals surface area (Å²) in [6.45, 7) is 0.735. The molecule has 2 aromatic carbocycles. The highest BCUT2D eigenvalue weighted by atomic mass is 35.5. The molecule has 5 heteroatoms. The van der Waals surface area contributed by atoms with E-state index in [0.29, 0.717) is 10.6 Å². The van der Waals surface area contributed by atoms with Crippen molar-refractivity contribution < 1.29 is 4.79 Å². The average molecular weight is 369 g/mol. The first-order valence-electron chi connectivity index (χ1n) is 8.14. The topological polar surface area (TPSA) is 25.2 Å². The Hall–Kier alpha value is -2.17. The monoisotopic (exact) mass is 368 g/mol. The molecule has 3 nitrogen and oxygen atoms in total. The molecule has 1 aliphatic rings. The number of thioether (sulfide) groups is 1. The van der Waals surface area contributed by atoms with Crippen LogP contribution in [0, 0.1) is 0 Å². The normalized spacial score (nSPS) is 17.0. The minimum Gasteiger partial charge on any atom is -0.324 e. The molecule has 0 N–H and O–H groups in total. The second-order valence-corrected chi connectivity index (χ2v) is 7.48. The van der Waals surface area contributed by atoms with E-state index in [1.165, 1.54) is 0 Å². The van der Waals surface area contributed by atoms with Gasteiger partial charge in [-0.05, 0) is 42.5 Å². The minimum absolute atomic E-state index is 0.0228. The molecule has 1 saturated heterocycles. The van der Waals surface area contributed by atoms with Gasteiger partial charge in [0.05, 0.1) is 0 Å². The number of carbonyl (C=O) groups excluding carboxylic acids is 1. The van der Waals surface area contributed by atoms with Crippen LogP contribution in [0.15, 0.2) is 73.1 Å². The molecule has 25 heavy (non-hydrogen) atoms. The van der Waals surface area contributed by atoms with Gasteiger partial charge in [0.15, 0.2) is 0 Å². The molecule has 0 spiro atoms. The van der Waals surface area contributed by atoms with Gasteiger partial charge < -0.3 is 9.47 Å². The lowest BCUT2D eigenvalue weighted by Crippen LogP contribution is -2.30. The molecule has 1 amide bonds.